The number of piperazine rings is 1. The molecule has 0 radical (unpaired) electrons. The molecule has 162 valence electrons. The minimum Gasteiger partial charge on any atom is -0.399 e. The average molecular weight is 429 g/mol. The van der Waals surface area contributed by atoms with Gasteiger partial charge in [0, 0.05) is 31.9 Å². The van der Waals surface area contributed by atoms with Gasteiger partial charge in [-0.15, -0.1) is 0 Å². The van der Waals surface area contributed by atoms with Gasteiger partial charge in [0.15, 0.2) is 5.65 Å². The fourth-order valence-electron chi connectivity index (χ4n) is 3.78. The summed E-state index contributed by atoms with van der Waals surface area (Å²) < 4.78 is 1.52. The minimum absolute atomic E-state index is 0.262. The molecular weight excluding hydrogens is 404 g/mol. The Morgan fingerprint density at radius 1 is 0.844 bits per heavy atom. The summed E-state index contributed by atoms with van der Waals surface area (Å²) in [6, 6.07) is 14.7. The van der Waals surface area contributed by atoms with Crippen LogP contribution in [0.5, 0.6) is 0 Å². The molecular formula is C23H24N8O. The smallest absolute Gasteiger partial charge is 0.275 e. The van der Waals surface area contributed by atoms with Crippen LogP contribution in [0, 0.1) is 0 Å². The number of nitrogens with two attached hydrogens (primary N) is 1. The molecule has 0 bridgehead atoms. The highest BCUT2D eigenvalue weighted by Gasteiger charge is 2.15. The predicted molar refractivity (Wildman–Crippen MR) is 127 cm³/mol. The van der Waals surface area contributed by atoms with Crippen molar-refractivity contribution in [2.45, 2.75) is 0 Å². The summed E-state index contributed by atoms with van der Waals surface area (Å²) in [7, 11) is 2.14. The van der Waals surface area contributed by atoms with E-state index in [4.69, 9.17) is 5.73 Å². The van der Waals surface area contributed by atoms with Crippen LogP contribution in [-0.4, -0.2) is 57.6 Å². The summed E-state index contributed by atoms with van der Waals surface area (Å²) in [6.45, 7) is 4.08. The summed E-state index contributed by atoms with van der Waals surface area (Å²) in [5.74, 6) is 1.26. The molecule has 9 heteroatoms. The van der Waals surface area contributed by atoms with Crippen LogP contribution in [0.2, 0.25) is 0 Å². The summed E-state index contributed by atoms with van der Waals surface area (Å²) in [6.07, 6.45) is 3.17. The van der Waals surface area contributed by atoms with Crippen LogP contribution in [0.3, 0.4) is 0 Å². The van der Waals surface area contributed by atoms with E-state index in [1.165, 1.54) is 10.8 Å². The highest BCUT2D eigenvalue weighted by molar-refractivity contribution is 5.75. The molecule has 1 aliphatic rings. The summed E-state index contributed by atoms with van der Waals surface area (Å²) in [5.41, 5.74) is 9.02. The van der Waals surface area contributed by atoms with Gasteiger partial charge >= 0.3 is 0 Å². The fraction of sp³-hybridized carbons (Fsp3) is 0.217. The number of hydrogen-bond acceptors (Lipinski definition) is 8. The number of nitrogen functional groups attached to an aromatic ring is 1. The first kappa shape index (κ1) is 20.0. The maximum atomic E-state index is 12.6. The number of rotatable bonds is 4. The highest BCUT2D eigenvalue weighted by atomic mass is 16.1. The van der Waals surface area contributed by atoms with Crippen molar-refractivity contribution >= 4 is 34.2 Å². The molecule has 0 saturated carbocycles. The van der Waals surface area contributed by atoms with E-state index in [9.17, 15) is 4.79 Å². The number of aromatic nitrogens is 4. The van der Waals surface area contributed by atoms with Crippen LogP contribution in [0.4, 0.5) is 23.0 Å². The van der Waals surface area contributed by atoms with Crippen LogP contribution in [0.15, 0.2) is 65.7 Å². The van der Waals surface area contributed by atoms with Crippen LogP contribution >= 0.6 is 0 Å². The van der Waals surface area contributed by atoms with Crippen molar-refractivity contribution < 1.29 is 0 Å². The number of hydrogen-bond donors (Lipinski definition) is 2. The largest absolute Gasteiger partial charge is 0.399 e. The van der Waals surface area contributed by atoms with Crippen molar-refractivity contribution in [3.05, 3.63) is 71.3 Å². The maximum Gasteiger partial charge on any atom is 0.275 e. The number of fused-ring (bicyclic) bond motifs is 1. The van der Waals surface area contributed by atoms with E-state index in [1.807, 2.05) is 24.4 Å². The molecule has 0 amide bonds. The molecule has 0 spiro atoms. The number of benzene rings is 1. The maximum absolute atomic E-state index is 12.6. The van der Waals surface area contributed by atoms with Crippen molar-refractivity contribution in [3.8, 4) is 5.69 Å². The second kappa shape index (κ2) is 8.27. The first-order valence-electron chi connectivity index (χ1n) is 10.5. The van der Waals surface area contributed by atoms with Gasteiger partial charge in [-0.3, -0.25) is 9.36 Å². The zero-order valence-electron chi connectivity index (χ0n) is 17.8. The zero-order chi connectivity index (χ0) is 22.1. The third-order valence-corrected chi connectivity index (χ3v) is 5.62. The zero-order valence-corrected chi connectivity index (χ0v) is 17.8. The first-order chi connectivity index (χ1) is 15.6. The number of likely N-dealkylation sites (N-methyl/N-ethyl adjacent to an activating group) is 1. The van der Waals surface area contributed by atoms with E-state index in [-0.39, 0.29) is 5.56 Å². The molecule has 32 heavy (non-hydrogen) atoms. The van der Waals surface area contributed by atoms with Gasteiger partial charge in [0.1, 0.15) is 17.2 Å². The van der Waals surface area contributed by atoms with E-state index >= 15 is 0 Å². The molecule has 1 saturated heterocycles. The minimum atomic E-state index is -0.262. The Hall–Kier alpha value is -3.98. The van der Waals surface area contributed by atoms with Gasteiger partial charge in [0.2, 0.25) is 0 Å². The molecule has 3 aromatic heterocycles. The summed E-state index contributed by atoms with van der Waals surface area (Å²) >= 11 is 0. The molecule has 3 N–H and O–H groups in total. The second-order valence-corrected chi connectivity index (χ2v) is 7.88. The van der Waals surface area contributed by atoms with Gasteiger partial charge in [0.25, 0.3) is 5.56 Å². The highest BCUT2D eigenvalue weighted by Crippen LogP contribution is 2.21. The van der Waals surface area contributed by atoms with Crippen LogP contribution in [0.25, 0.3) is 16.9 Å². The van der Waals surface area contributed by atoms with E-state index in [1.54, 1.807) is 24.3 Å². The molecule has 4 heterocycles. The molecule has 1 fully saturated rings. The molecule has 1 aliphatic heterocycles. The lowest BCUT2D eigenvalue weighted by atomic mass is 10.2. The second-order valence-electron chi connectivity index (χ2n) is 7.88. The number of anilines is 4. The molecule has 0 aliphatic carbocycles. The van der Waals surface area contributed by atoms with Crippen molar-refractivity contribution in [2.24, 2.45) is 0 Å². The molecule has 0 atom stereocenters. The van der Waals surface area contributed by atoms with Crippen molar-refractivity contribution in [1.82, 2.24) is 24.4 Å². The Bertz CT molecular complexity index is 1290. The molecule has 9 nitrogen and oxygen atoms in total. The SMILES string of the molecule is CN1CCN(c2ccc(Nc3ccc4ncc(=O)n(-c5ccc(N)cc5)c4n3)nc2)CC1. The molecule has 5 rings (SSSR count). The Labute approximate surface area is 185 Å². The Balaban J connectivity index is 1.43. The van der Waals surface area contributed by atoms with Gasteiger partial charge in [-0.2, -0.15) is 0 Å². The van der Waals surface area contributed by atoms with Gasteiger partial charge in [-0.1, -0.05) is 0 Å². The first-order valence-corrected chi connectivity index (χ1v) is 10.5. The Kier molecular flexibility index (Phi) is 5.16. The molecule has 0 unspecified atom stereocenters. The lowest BCUT2D eigenvalue weighted by Crippen LogP contribution is -2.44. The van der Waals surface area contributed by atoms with Crippen LogP contribution in [-0.2, 0) is 0 Å². The van der Waals surface area contributed by atoms with Gasteiger partial charge in [-0.05, 0) is 55.6 Å². The van der Waals surface area contributed by atoms with Crippen molar-refractivity contribution in [1.29, 1.82) is 0 Å². The fourth-order valence-corrected chi connectivity index (χ4v) is 3.78. The predicted octanol–water partition coefficient (Wildman–Crippen LogP) is 2.25. The standard InChI is InChI=1S/C23H24N8O/c1-29-10-12-30(13-11-29)18-6-8-20(26-14-18)27-21-9-7-19-23(28-21)31(22(32)15-25-19)17-4-2-16(24)3-5-17/h2-9,14-15H,10-13,24H2,1H3,(H,26,27,28). The van der Waals surface area contributed by atoms with Crippen molar-refractivity contribution in [3.63, 3.8) is 0 Å². The number of pyridine rings is 2. The van der Waals surface area contributed by atoms with Gasteiger partial charge in [0.05, 0.1) is 23.8 Å². The normalized spacial score (nSPS) is 14.6. The molecule has 4 aromatic rings. The number of nitrogens with zero attached hydrogens (tertiary/aromatic N) is 6. The molecule has 1 aromatic carbocycles. The number of nitrogens with one attached hydrogen (secondary N) is 1. The quantitative estimate of drug-likeness (QED) is 0.477. The summed E-state index contributed by atoms with van der Waals surface area (Å²) in [5, 5.41) is 3.23. The lowest BCUT2D eigenvalue weighted by molar-refractivity contribution is 0.313. The summed E-state index contributed by atoms with van der Waals surface area (Å²) in [4.78, 5) is 30.7. The van der Waals surface area contributed by atoms with E-state index in [0.29, 0.717) is 34.2 Å². The Morgan fingerprint density at radius 3 is 2.28 bits per heavy atom. The van der Waals surface area contributed by atoms with E-state index in [2.05, 4.69) is 43.2 Å². The Morgan fingerprint density at radius 2 is 1.56 bits per heavy atom. The third-order valence-electron chi connectivity index (χ3n) is 5.62. The van der Waals surface area contributed by atoms with Crippen molar-refractivity contribution in [2.75, 3.05) is 49.2 Å². The van der Waals surface area contributed by atoms with Crippen LogP contribution in [0.1, 0.15) is 0 Å². The van der Waals surface area contributed by atoms with Gasteiger partial charge in [-0.25, -0.2) is 15.0 Å². The van der Waals surface area contributed by atoms with E-state index in [0.717, 1.165) is 31.9 Å². The topological polar surface area (TPSA) is 105 Å². The van der Waals surface area contributed by atoms with Crippen LogP contribution < -0.4 is 21.5 Å². The monoisotopic (exact) mass is 428 g/mol. The average Bonchev–Trinajstić information content (AvgIpc) is 2.81. The lowest BCUT2D eigenvalue weighted by Gasteiger charge is -2.33. The third kappa shape index (κ3) is 3.97. The van der Waals surface area contributed by atoms with Gasteiger partial charge < -0.3 is 20.9 Å². The van der Waals surface area contributed by atoms with E-state index < -0.39 is 0 Å².